The first-order valence-corrected chi connectivity index (χ1v) is 14.8. The number of amides is 1. The van der Waals surface area contributed by atoms with E-state index in [-0.39, 0.29) is 27.6 Å². The van der Waals surface area contributed by atoms with Gasteiger partial charge in [-0.25, -0.2) is 16.8 Å². The molecule has 2 aromatic carbocycles. The van der Waals surface area contributed by atoms with E-state index in [0.717, 1.165) is 6.26 Å². The maximum absolute atomic E-state index is 13.0. The minimum Gasteiger partial charge on any atom is -0.346 e. The normalized spacial score (nSPS) is 12.2. The Morgan fingerprint density at radius 2 is 1.54 bits per heavy atom. The summed E-state index contributed by atoms with van der Waals surface area (Å²) in [7, 11) is -8.06. The van der Waals surface area contributed by atoms with Gasteiger partial charge in [-0.1, -0.05) is 24.3 Å². The van der Waals surface area contributed by atoms with Gasteiger partial charge in [-0.05, 0) is 56.3 Å². The van der Waals surface area contributed by atoms with Gasteiger partial charge >= 0.3 is 0 Å². The molecule has 0 aliphatic rings. The van der Waals surface area contributed by atoms with Crippen molar-refractivity contribution in [1.29, 1.82) is 0 Å². The van der Waals surface area contributed by atoms with E-state index >= 15 is 0 Å². The number of hydrogen-bond acceptors (Lipinski definition) is 8. The molecule has 0 aliphatic carbocycles. The van der Waals surface area contributed by atoms with Crippen LogP contribution < -0.4 is 10.0 Å². The van der Waals surface area contributed by atoms with E-state index in [9.17, 15) is 21.6 Å². The number of sulfonamides is 1. The standard InChI is InChI=1S/C25H29N3O7S2/c1-4-34-25(35-5-2,23-15-8-9-16-26-23)18-27-24(29)19-11-10-12-20(17-19)28-37(32,33)22-14-7-6-13-21(22)36(3,30)31/h6-17,28H,4-5,18H2,1-3H3,(H,27,29). The number of rotatable bonds is 12. The number of aromatic nitrogens is 1. The molecule has 10 nitrogen and oxygen atoms in total. The summed E-state index contributed by atoms with van der Waals surface area (Å²) in [6.07, 6.45) is 2.53. The number of anilines is 1. The molecule has 0 saturated carbocycles. The highest BCUT2D eigenvalue weighted by molar-refractivity contribution is 7.95. The average Bonchev–Trinajstić information content (AvgIpc) is 2.87. The van der Waals surface area contributed by atoms with Gasteiger partial charge in [-0.3, -0.25) is 14.5 Å². The summed E-state index contributed by atoms with van der Waals surface area (Å²) in [6.45, 7) is 4.16. The Morgan fingerprint density at radius 1 is 0.892 bits per heavy atom. The zero-order valence-corrected chi connectivity index (χ0v) is 22.3. The van der Waals surface area contributed by atoms with Gasteiger partial charge in [0, 0.05) is 36.9 Å². The number of nitrogens with one attached hydrogen (secondary N) is 2. The van der Waals surface area contributed by atoms with E-state index in [0.29, 0.717) is 18.9 Å². The van der Waals surface area contributed by atoms with Gasteiger partial charge < -0.3 is 14.8 Å². The Balaban J connectivity index is 1.83. The first-order valence-electron chi connectivity index (χ1n) is 11.4. The lowest BCUT2D eigenvalue weighted by Gasteiger charge is -2.32. The second kappa shape index (κ2) is 11.8. The first-order chi connectivity index (χ1) is 17.5. The number of carbonyl (C=O) groups is 1. The van der Waals surface area contributed by atoms with Crippen molar-refractivity contribution in [3.8, 4) is 0 Å². The summed E-state index contributed by atoms with van der Waals surface area (Å²) in [6, 6.07) is 16.4. The lowest BCUT2D eigenvalue weighted by atomic mass is 10.1. The SMILES string of the molecule is CCOC(CNC(=O)c1cccc(NS(=O)(=O)c2ccccc2S(C)(=O)=O)c1)(OCC)c1ccccn1. The van der Waals surface area contributed by atoms with E-state index in [4.69, 9.17) is 9.47 Å². The van der Waals surface area contributed by atoms with E-state index in [1.807, 2.05) is 0 Å². The molecule has 37 heavy (non-hydrogen) atoms. The minimum atomic E-state index is -4.26. The molecular weight excluding hydrogens is 518 g/mol. The molecule has 0 atom stereocenters. The zero-order valence-electron chi connectivity index (χ0n) is 20.7. The molecule has 198 valence electrons. The minimum absolute atomic E-state index is 0.0534. The number of sulfone groups is 1. The van der Waals surface area contributed by atoms with Crippen LogP contribution in [-0.4, -0.2) is 53.7 Å². The number of benzene rings is 2. The Morgan fingerprint density at radius 3 is 2.14 bits per heavy atom. The van der Waals surface area contributed by atoms with E-state index < -0.39 is 31.6 Å². The topological polar surface area (TPSA) is 141 Å². The van der Waals surface area contributed by atoms with E-state index in [1.54, 1.807) is 38.2 Å². The van der Waals surface area contributed by atoms with Gasteiger partial charge in [0.05, 0.1) is 11.4 Å². The average molecular weight is 548 g/mol. The van der Waals surface area contributed by atoms with Crippen LogP contribution in [0.15, 0.2) is 82.7 Å². The van der Waals surface area contributed by atoms with Crippen molar-refractivity contribution in [3.63, 3.8) is 0 Å². The van der Waals surface area contributed by atoms with Gasteiger partial charge in [-0.2, -0.15) is 0 Å². The van der Waals surface area contributed by atoms with Crippen LogP contribution in [-0.2, 0) is 35.1 Å². The Kier molecular flexibility index (Phi) is 9.02. The molecule has 0 bridgehead atoms. The van der Waals surface area contributed by atoms with Crippen LogP contribution in [0.2, 0.25) is 0 Å². The fourth-order valence-electron chi connectivity index (χ4n) is 3.65. The van der Waals surface area contributed by atoms with Crippen molar-refractivity contribution < 1.29 is 31.1 Å². The lowest BCUT2D eigenvalue weighted by Crippen LogP contribution is -2.45. The molecule has 0 unspecified atom stereocenters. The fourth-order valence-corrected chi connectivity index (χ4v) is 6.33. The number of hydrogen-bond donors (Lipinski definition) is 2. The van der Waals surface area contributed by atoms with Gasteiger partial charge in [0.2, 0.25) is 5.79 Å². The lowest BCUT2D eigenvalue weighted by molar-refractivity contribution is -0.240. The highest BCUT2D eigenvalue weighted by Crippen LogP contribution is 2.26. The van der Waals surface area contributed by atoms with Crippen LogP contribution in [0.4, 0.5) is 5.69 Å². The number of carbonyl (C=O) groups excluding carboxylic acids is 1. The number of ether oxygens (including phenoxy) is 2. The molecule has 1 aromatic heterocycles. The predicted molar refractivity (Wildman–Crippen MR) is 138 cm³/mol. The van der Waals surface area contributed by atoms with Crippen molar-refractivity contribution in [2.24, 2.45) is 0 Å². The monoisotopic (exact) mass is 547 g/mol. The predicted octanol–water partition coefficient (Wildman–Crippen LogP) is 2.94. The molecule has 0 saturated heterocycles. The second-order valence-electron chi connectivity index (χ2n) is 7.92. The highest BCUT2D eigenvalue weighted by Gasteiger charge is 2.36. The third kappa shape index (κ3) is 6.92. The third-order valence-electron chi connectivity index (χ3n) is 5.21. The summed E-state index contributed by atoms with van der Waals surface area (Å²) in [5, 5.41) is 2.77. The molecule has 0 aliphatic heterocycles. The van der Waals surface area contributed by atoms with Gasteiger partial charge in [0.1, 0.15) is 10.6 Å². The fraction of sp³-hybridized carbons (Fsp3) is 0.280. The molecule has 0 fully saturated rings. The van der Waals surface area contributed by atoms with E-state index in [2.05, 4.69) is 15.0 Å². The number of pyridine rings is 1. The molecule has 12 heteroatoms. The Hall–Kier alpha value is -3.32. The zero-order chi connectivity index (χ0) is 27.1. The van der Waals surface area contributed by atoms with Crippen LogP contribution in [0.25, 0.3) is 0 Å². The molecule has 0 radical (unpaired) electrons. The summed E-state index contributed by atoms with van der Waals surface area (Å²) in [5.74, 6) is -1.81. The summed E-state index contributed by atoms with van der Waals surface area (Å²) < 4.78 is 64.2. The van der Waals surface area contributed by atoms with Crippen molar-refractivity contribution in [1.82, 2.24) is 10.3 Å². The highest BCUT2D eigenvalue weighted by atomic mass is 32.2. The third-order valence-corrected chi connectivity index (χ3v) is 7.93. The first kappa shape index (κ1) is 28.3. The van der Waals surface area contributed by atoms with Crippen molar-refractivity contribution >= 4 is 31.5 Å². The van der Waals surface area contributed by atoms with Crippen LogP contribution in [0.5, 0.6) is 0 Å². The van der Waals surface area contributed by atoms with Crippen molar-refractivity contribution in [2.75, 3.05) is 30.7 Å². The van der Waals surface area contributed by atoms with E-state index in [1.165, 1.54) is 48.5 Å². The van der Waals surface area contributed by atoms with Gasteiger partial charge in [0.15, 0.2) is 9.84 Å². The van der Waals surface area contributed by atoms with Gasteiger partial charge in [0.25, 0.3) is 15.9 Å². The van der Waals surface area contributed by atoms with Crippen LogP contribution >= 0.6 is 0 Å². The molecule has 2 N–H and O–H groups in total. The number of nitrogens with zero attached hydrogens (tertiary/aromatic N) is 1. The maximum Gasteiger partial charge on any atom is 0.263 e. The summed E-state index contributed by atoms with van der Waals surface area (Å²) in [4.78, 5) is 16.6. The second-order valence-corrected chi connectivity index (χ2v) is 11.6. The van der Waals surface area contributed by atoms with Crippen LogP contribution in [0, 0.1) is 0 Å². The molecule has 1 amide bonds. The molecule has 3 rings (SSSR count). The van der Waals surface area contributed by atoms with Crippen molar-refractivity contribution in [3.05, 3.63) is 84.2 Å². The van der Waals surface area contributed by atoms with Crippen LogP contribution in [0.1, 0.15) is 29.9 Å². The molecule has 1 heterocycles. The maximum atomic E-state index is 13.0. The summed E-state index contributed by atoms with van der Waals surface area (Å²) >= 11 is 0. The molecule has 0 spiro atoms. The summed E-state index contributed by atoms with van der Waals surface area (Å²) in [5.41, 5.74) is 0.742. The van der Waals surface area contributed by atoms with Crippen LogP contribution in [0.3, 0.4) is 0 Å². The molecular formula is C25H29N3O7S2. The van der Waals surface area contributed by atoms with Gasteiger partial charge in [-0.15, -0.1) is 0 Å². The largest absolute Gasteiger partial charge is 0.346 e. The van der Waals surface area contributed by atoms with Crippen molar-refractivity contribution in [2.45, 2.75) is 29.4 Å². The quantitative estimate of drug-likeness (QED) is 0.330. The Labute approximate surface area is 217 Å². The molecule has 3 aromatic rings. The Bertz CT molecular complexity index is 1440. The smallest absolute Gasteiger partial charge is 0.263 e.